The van der Waals surface area contributed by atoms with Crippen LogP contribution in [0.25, 0.3) is 5.82 Å². The predicted octanol–water partition coefficient (Wildman–Crippen LogP) is 1.59. The fraction of sp³-hybridized carbons (Fsp3) is 0.125. The summed E-state index contributed by atoms with van der Waals surface area (Å²) in [6.45, 7) is 0. The second kappa shape index (κ2) is 4.05. The lowest BCUT2D eigenvalue weighted by Crippen LogP contribution is -2.07. The minimum Gasteiger partial charge on any atom is -0.390 e. The summed E-state index contributed by atoms with van der Waals surface area (Å²) in [4.78, 5) is 16.4. The average Bonchev–Trinajstić information content (AvgIpc) is 2.77. The van der Waals surface area contributed by atoms with E-state index in [1.165, 1.54) is 0 Å². The van der Waals surface area contributed by atoms with E-state index in [0.29, 0.717) is 6.20 Å². The van der Waals surface area contributed by atoms with Crippen LogP contribution >= 0.6 is 0 Å². The lowest BCUT2D eigenvalue weighted by atomic mass is 10.3. The molecule has 0 aromatic carbocycles. The Morgan fingerprint density at radius 3 is 2.44 bits per heavy atom. The molecule has 2 aromatic rings. The highest BCUT2D eigenvalue weighted by atomic mass is 19.4. The van der Waals surface area contributed by atoms with Gasteiger partial charge in [-0.15, -0.1) is 4.68 Å². The number of alkyl halides is 3. The summed E-state index contributed by atoms with van der Waals surface area (Å²) < 4.78 is 37.7. The van der Waals surface area contributed by atoms with E-state index in [-0.39, 0.29) is 5.82 Å². The van der Waals surface area contributed by atoms with Gasteiger partial charge in [-0.05, 0) is 17.1 Å². The summed E-state index contributed by atoms with van der Waals surface area (Å²) in [5.41, 5.74) is -0.916. The largest absolute Gasteiger partial charge is 0.491 e. The number of hydrogen-bond donors (Lipinski definition) is 0. The number of halogens is 3. The van der Waals surface area contributed by atoms with Crippen molar-refractivity contribution in [1.29, 1.82) is 0 Å². The minimum atomic E-state index is -4.49. The number of pyridine rings is 1. The fourth-order valence-corrected chi connectivity index (χ4v) is 1.14. The van der Waals surface area contributed by atoms with E-state index in [0.717, 1.165) is 23.1 Å². The zero-order valence-corrected chi connectivity index (χ0v) is 8.50. The van der Waals surface area contributed by atoms with Crippen LogP contribution in [0.4, 0.5) is 19.1 Å². The molecule has 0 unspecified atom stereocenters. The molecule has 2 heterocycles. The fourth-order valence-electron chi connectivity index (χ4n) is 1.14. The van der Waals surface area contributed by atoms with Gasteiger partial charge in [0.05, 0.1) is 5.56 Å². The molecule has 10 heteroatoms. The minimum absolute atomic E-state index is 0.00333. The molecular weight excluding hydrogens is 255 g/mol. The first-order valence-corrected chi connectivity index (χ1v) is 4.47. The van der Waals surface area contributed by atoms with E-state index < -0.39 is 22.6 Å². The summed E-state index contributed by atoms with van der Waals surface area (Å²) in [5.74, 6) is -0.653. The van der Waals surface area contributed by atoms with Gasteiger partial charge in [0.15, 0.2) is 5.82 Å². The van der Waals surface area contributed by atoms with Crippen LogP contribution in [0.2, 0.25) is 0 Å². The monoisotopic (exact) mass is 259 g/mol. The first-order valence-electron chi connectivity index (χ1n) is 4.47. The number of nitro groups is 1. The van der Waals surface area contributed by atoms with E-state index in [1.54, 1.807) is 0 Å². The van der Waals surface area contributed by atoms with Crippen molar-refractivity contribution in [2.45, 2.75) is 6.18 Å². The summed E-state index contributed by atoms with van der Waals surface area (Å²) in [7, 11) is 0. The Kier molecular flexibility index (Phi) is 2.69. The van der Waals surface area contributed by atoms with E-state index in [2.05, 4.69) is 15.1 Å². The molecule has 0 amide bonds. The van der Waals surface area contributed by atoms with Crippen LogP contribution in [0.5, 0.6) is 0 Å². The van der Waals surface area contributed by atoms with Crippen LogP contribution < -0.4 is 0 Å². The first-order chi connectivity index (χ1) is 8.38. The maximum atomic E-state index is 12.3. The maximum Gasteiger partial charge on any atom is 0.491 e. The Morgan fingerprint density at radius 1 is 1.28 bits per heavy atom. The molecule has 18 heavy (non-hydrogen) atoms. The van der Waals surface area contributed by atoms with Crippen LogP contribution in [0.15, 0.2) is 24.7 Å². The van der Waals surface area contributed by atoms with Crippen LogP contribution in [0.1, 0.15) is 5.56 Å². The van der Waals surface area contributed by atoms with Gasteiger partial charge in [0.2, 0.25) is 6.33 Å². The molecule has 2 aromatic heterocycles. The third-order valence-corrected chi connectivity index (χ3v) is 1.95. The molecule has 0 atom stereocenters. The van der Waals surface area contributed by atoms with Crippen LogP contribution in [0.3, 0.4) is 0 Å². The molecule has 0 aliphatic carbocycles. The molecule has 2 rings (SSSR count). The molecule has 0 spiro atoms. The normalized spacial score (nSPS) is 11.5. The third-order valence-electron chi connectivity index (χ3n) is 1.95. The smallest absolute Gasteiger partial charge is 0.390 e. The van der Waals surface area contributed by atoms with Crippen molar-refractivity contribution in [3.05, 3.63) is 40.3 Å². The van der Waals surface area contributed by atoms with Gasteiger partial charge in [-0.2, -0.15) is 13.2 Å². The van der Waals surface area contributed by atoms with E-state index in [4.69, 9.17) is 0 Å². The molecule has 7 nitrogen and oxygen atoms in total. The number of hydrogen-bond acceptors (Lipinski definition) is 5. The predicted molar refractivity (Wildman–Crippen MR) is 50.8 cm³/mol. The molecule has 0 fully saturated rings. The Balaban J connectivity index is 2.31. The number of aromatic nitrogens is 4. The molecule has 94 valence electrons. The standard InChI is InChI=1S/C8H4F3N5O2/c9-8(10,11)5-1-2-6(12-3-5)15-4-13-7(14-15)16(17)18/h1-4H. The van der Waals surface area contributed by atoms with Gasteiger partial charge in [0.1, 0.15) is 0 Å². The summed E-state index contributed by atoms with van der Waals surface area (Å²) >= 11 is 0. The average molecular weight is 259 g/mol. The summed E-state index contributed by atoms with van der Waals surface area (Å²) in [6.07, 6.45) is -2.88. The number of rotatable bonds is 2. The molecule has 0 radical (unpaired) electrons. The molecule has 0 N–H and O–H groups in total. The summed E-state index contributed by atoms with van der Waals surface area (Å²) in [6, 6.07) is 1.84. The molecule has 0 saturated heterocycles. The Morgan fingerprint density at radius 2 is 2.00 bits per heavy atom. The van der Waals surface area contributed by atoms with Gasteiger partial charge in [0, 0.05) is 11.3 Å². The van der Waals surface area contributed by atoms with Gasteiger partial charge in [-0.3, -0.25) is 0 Å². The Hall–Kier alpha value is -2.52. The van der Waals surface area contributed by atoms with Crippen LogP contribution in [-0.2, 0) is 6.18 Å². The lowest BCUT2D eigenvalue weighted by Gasteiger charge is -2.05. The molecule has 0 aliphatic rings. The van der Waals surface area contributed by atoms with Crippen molar-refractivity contribution >= 4 is 5.95 Å². The van der Waals surface area contributed by atoms with Crippen LogP contribution in [0, 0.1) is 10.1 Å². The van der Waals surface area contributed by atoms with Gasteiger partial charge < -0.3 is 10.1 Å². The van der Waals surface area contributed by atoms with Crippen molar-refractivity contribution < 1.29 is 18.1 Å². The van der Waals surface area contributed by atoms with Gasteiger partial charge >= 0.3 is 12.1 Å². The first kappa shape index (κ1) is 12.0. The third kappa shape index (κ3) is 2.26. The highest BCUT2D eigenvalue weighted by Gasteiger charge is 2.30. The van der Waals surface area contributed by atoms with Gasteiger partial charge in [0.25, 0.3) is 0 Å². The van der Waals surface area contributed by atoms with Gasteiger partial charge in [-0.1, -0.05) is 4.98 Å². The second-order valence-corrected chi connectivity index (χ2v) is 3.15. The lowest BCUT2D eigenvalue weighted by molar-refractivity contribution is -0.394. The topological polar surface area (TPSA) is 86.7 Å². The van der Waals surface area contributed by atoms with Crippen molar-refractivity contribution in [1.82, 2.24) is 19.7 Å². The van der Waals surface area contributed by atoms with Crippen molar-refractivity contribution in [2.75, 3.05) is 0 Å². The van der Waals surface area contributed by atoms with Crippen LogP contribution in [-0.4, -0.2) is 24.7 Å². The number of nitrogens with zero attached hydrogens (tertiary/aromatic N) is 5. The summed E-state index contributed by atoms with van der Waals surface area (Å²) in [5, 5.41) is 13.8. The van der Waals surface area contributed by atoms with E-state index in [9.17, 15) is 23.3 Å². The van der Waals surface area contributed by atoms with Crippen molar-refractivity contribution in [2.24, 2.45) is 0 Å². The van der Waals surface area contributed by atoms with E-state index in [1.807, 2.05) is 0 Å². The molecule has 0 saturated carbocycles. The quantitative estimate of drug-likeness (QED) is 0.603. The Bertz CT molecular complexity index is 577. The van der Waals surface area contributed by atoms with E-state index >= 15 is 0 Å². The van der Waals surface area contributed by atoms with Gasteiger partial charge in [-0.25, -0.2) is 4.98 Å². The zero-order valence-electron chi connectivity index (χ0n) is 8.50. The zero-order chi connectivity index (χ0) is 13.3. The highest BCUT2D eigenvalue weighted by molar-refractivity contribution is 5.26. The van der Waals surface area contributed by atoms with Crippen molar-refractivity contribution in [3.8, 4) is 5.82 Å². The maximum absolute atomic E-state index is 12.3. The molecule has 0 aliphatic heterocycles. The highest BCUT2D eigenvalue weighted by Crippen LogP contribution is 2.28. The second-order valence-electron chi connectivity index (χ2n) is 3.15. The Labute approximate surface area is 97.0 Å². The molecular formula is C8H4F3N5O2. The molecule has 0 bridgehead atoms. The SMILES string of the molecule is O=[N+]([O-])c1ncn(-c2ccc(C(F)(F)F)cn2)n1. The van der Waals surface area contributed by atoms with Crippen molar-refractivity contribution in [3.63, 3.8) is 0 Å².